The van der Waals surface area contributed by atoms with Gasteiger partial charge in [-0.25, -0.2) is 0 Å². The normalized spacial score (nSPS) is 11.2. The lowest BCUT2D eigenvalue weighted by Crippen LogP contribution is -2.30. The largest absolute Gasteiger partial charge is 0.388 e. The lowest BCUT2D eigenvalue weighted by atomic mass is 10.1. The van der Waals surface area contributed by atoms with Gasteiger partial charge in [-0.05, 0) is 14.7 Å². The van der Waals surface area contributed by atoms with Crippen LogP contribution in [0.5, 0.6) is 0 Å². The van der Waals surface area contributed by atoms with E-state index >= 15 is 0 Å². The molecule has 0 radical (unpaired) electrons. The maximum Gasteiger partial charge on any atom is 0.310 e. The molecule has 3 heterocycles. The molecule has 0 amide bonds. The van der Waals surface area contributed by atoms with Crippen LogP contribution in [0.25, 0.3) is 22.8 Å². The van der Waals surface area contributed by atoms with Crippen molar-refractivity contribution in [2.75, 3.05) is 0 Å². The van der Waals surface area contributed by atoms with Crippen LogP contribution in [0.1, 0.15) is 11.4 Å². The third-order valence-electron chi connectivity index (χ3n) is 2.76. The first-order chi connectivity index (χ1) is 10.6. The van der Waals surface area contributed by atoms with E-state index in [-0.39, 0.29) is 37.5 Å². The van der Waals surface area contributed by atoms with E-state index in [4.69, 9.17) is 10.2 Å². The minimum absolute atomic E-state index is 0.0908. The molecule has 22 heavy (non-hydrogen) atoms. The van der Waals surface area contributed by atoms with Gasteiger partial charge in [0.25, 0.3) is 5.69 Å². The number of aliphatic hydroxyl groups excluding tert-OH is 2. The van der Waals surface area contributed by atoms with E-state index in [1.807, 2.05) is 0 Å². The van der Waals surface area contributed by atoms with Crippen molar-refractivity contribution in [3.63, 3.8) is 0 Å². The molecule has 0 saturated carbocycles. The lowest BCUT2D eigenvalue weighted by molar-refractivity contribution is -0.809. The summed E-state index contributed by atoms with van der Waals surface area (Å²) < 4.78 is 13.0. The van der Waals surface area contributed by atoms with Crippen molar-refractivity contribution < 1.29 is 38.8 Å². The average molecular weight is 314 g/mol. The van der Waals surface area contributed by atoms with Crippen LogP contribution in [-0.2, 0) is 13.2 Å². The molecular weight excluding hydrogens is 308 g/mol. The van der Waals surface area contributed by atoms with Gasteiger partial charge in [0, 0.05) is 0 Å². The fraction of sp³-hybridized carbons (Fsp3) is 0.250. The Morgan fingerprint density at radius 2 is 1.18 bits per heavy atom. The summed E-state index contributed by atoms with van der Waals surface area (Å²) in [4.78, 5) is -0.334. The predicted octanol–water partition coefficient (Wildman–Crippen LogP) is -3.13. The lowest BCUT2D eigenvalue weighted by Gasteiger charge is -1.92. The third kappa shape index (κ3) is 1.82. The number of hydrogen-bond acceptors (Lipinski definition) is 11. The molecule has 0 spiro atoms. The number of aliphatic hydroxyl groups is 2. The third-order valence-corrected chi connectivity index (χ3v) is 2.76. The molecule has 3 aromatic rings. The highest BCUT2D eigenvalue weighted by Crippen LogP contribution is 2.28. The highest BCUT2D eigenvalue weighted by molar-refractivity contribution is 5.72. The van der Waals surface area contributed by atoms with Crippen molar-refractivity contribution in [1.82, 2.24) is 15.5 Å². The second-order valence-corrected chi connectivity index (χ2v) is 3.89. The summed E-state index contributed by atoms with van der Waals surface area (Å²) in [5.74, 6) is 0. The molecule has 0 unspecified atom stereocenters. The zero-order valence-corrected chi connectivity index (χ0v) is 10.4. The summed E-state index contributed by atoms with van der Waals surface area (Å²) >= 11 is 0. The van der Waals surface area contributed by atoms with E-state index in [1.54, 1.807) is 0 Å². The number of hydrogen-bond donors (Lipinski definition) is 2. The molecule has 0 aromatic carbocycles. The molecule has 3 rings (SSSR count). The number of rotatable bonds is 4. The van der Waals surface area contributed by atoms with E-state index in [2.05, 4.69) is 29.4 Å². The molecular formula is C8H6N6O8. The zero-order valence-electron chi connectivity index (χ0n) is 10.4. The molecule has 116 valence electrons. The van der Waals surface area contributed by atoms with E-state index in [1.165, 1.54) is 0 Å². The monoisotopic (exact) mass is 314 g/mol. The fourth-order valence-electron chi connectivity index (χ4n) is 1.76. The standard InChI is InChI=1S/C8H6N6O8/c15-1-3-5(9-20-12(3)17)7-8(14(19)22-11-7)6-4(2-16)13(18)21-10-6/h15-16H,1-2H2. The Bertz CT molecular complexity index is 821. The second kappa shape index (κ2) is 4.93. The van der Waals surface area contributed by atoms with Crippen LogP contribution in [0.3, 0.4) is 0 Å². The van der Waals surface area contributed by atoms with Crippen molar-refractivity contribution >= 4 is 0 Å². The Hall–Kier alpha value is -3.26. The van der Waals surface area contributed by atoms with Crippen molar-refractivity contribution in [2.45, 2.75) is 13.2 Å². The minimum atomic E-state index is -0.791. The first-order valence-electron chi connectivity index (χ1n) is 5.57. The Kier molecular flexibility index (Phi) is 3.08. The molecule has 14 nitrogen and oxygen atoms in total. The minimum Gasteiger partial charge on any atom is -0.388 e. The van der Waals surface area contributed by atoms with E-state index in [9.17, 15) is 15.6 Å². The van der Waals surface area contributed by atoms with Crippen LogP contribution in [-0.4, -0.2) is 25.7 Å². The van der Waals surface area contributed by atoms with Crippen molar-refractivity contribution in [2.24, 2.45) is 0 Å². The molecule has 0 atom stereocenters. The Morgan fingerprint density at radius 1 is 0.727 bits per heavy atom. The summed E-state index contributed by atoms with van der Waals surface area (Å²) in [7, 11) is 0. The van der Waals surface area contributed by atoms with E-state index in [0.29, 0.717) is 0 Å². The summed E-state index contributed by atoms with van der Waals surface area (Å²) in [5, 5.41) is 62.6. The van der Waals surface area contributed by atoms with Gasteiger partial charge in [0.2, 0.25) is 11.4 Å². The Morgan fingerprint density at radius 3 is 1.77 bits per heavy atom. The first kappa shape index (κ1) is 13.7. The van der Waals surface area contributed by atoms with Crippen LogP contribution in [0.15, 0.2) is 13.9 Å². The van der Waals surface area contributed by atoms with Gasteiger partial charge in [-0.3, -0.25) is 13.9 Å². The predicted molar refractivity (Wildman–Crippen MR) is 56.2 cm³/mol. The Labute approximate surface area is 118 Å². The summed E-state index contributed by atoms with van der Waals surface area (Å²) in [6.07, 6.45) is 0. The van der Waals surface area contributed by atoms with E-state index in [0.717, 1.165) is 0 Å². The van der Waals surface area contributed by atoms with Crippen LogP contribution in [0.2, 0.25) is 0 Å². The van der Waals surface area contributed by atoms with Gasteiger partial charge in [0.1, 0.15) is 13.2 Å². The van der Waals surface area contributed by atoms with Gasteiger partial charge < -0.3 is 25.8 Å². The molecule has 0 aliphatic rings. The van der Waals surface area contributed by atoms with Gasteiger partial charge >= 0.3 is 17.1 Å². The molecule has 0 aliphatic carbocycles. The van der Waals surface area contributed by atoms with Crippen LogP contribution in [0.4, 0.5) is 0 Å². The van der Waals surface area contributed by atoms with Crippen LogP contribution >= 0.6 is 0 Å². The number of aromatic nitrogens is 6. The van der Waals surface area contributed by atoms with Crippen molar-refractivity contribution in [3.05, 3.63) is 27.0 Å². The Balaban J connectivity index is 2.24. The molecule has 0 saturated heterocycles. The molecule has 0 bridgehead atoms. The maximum atomic E-state index is 11.7. The maximum absolute atomic E-state index is 11.7. The molecule has 2 N–H and O–H groups in total. The fourth-order valence-corrected chi connectivity index (χ4v) is 1.76. The molecule has 0 aliphatic heterocycles. The second-order valence-electron chi connectivity index (χ2n) is 3.89. The highest BCUT2D eigenvalue weighted by Gasteiger charge is 2.39. The van der Waals surface area contributed by atoms with Crippen molar-refractivity contribution in [3.8, 4) is 22.8 Å². The van der Waals surface area contributed by atoms with Crippen LogP contribution in [0, 0.1) is 15.6 Å². The molecule has 14 heteroatoms. The summed E-state index contributed by atoms with van der Waals surface area (Å²) in [5.41, 5.74) is -2.19. The summed E-state index contributed by atoms with van der Waals surface area (Å²) in [6.45, 7) is -1.55. The molecule has 0 fully saturated rings. The summed E-state index contributed by atoms with van der Waals surface area (Å²) in [6, 6.07) is 0. The van der Waals surface area contributed by atoms with Gasteiger partial charge in [-0.1, -0.05) is 0 Å². The SMILES string of the molecule is [O-][n+]1onc(-c2no[n+]([O-])c2-c2no[n+]([O-])c2CO)c1CO. The van der Waals surface area contributed by atoms with Crippen LogP contribution < -0.4 is 14.7 Å². The average Bonchev–Trinajstić information content (AvgIpc) is 3.15. The van der Waals surface area contributed by atoms with Gasteiger partial charge in [0.15, 0.2) is 0 Å². The van der Waals surface area contributed by atoms with Gasteiger partial charge in [-0.15, -0.1) is 0 Å². The zero-order chi connectivity index (χ0) is 15.9. The smallest absolute Gasteiger partial charge is 0.310 e. The van der Waals surface area contributed by atoms with Gasteiger partial charge in [-0.2, -0.15) is 0 Å². The first-order valence-corrected chi connectivity index (χ1v) is 5.57. The van der Waals surface area contributed by atoms with E-state index < -0.39 is 24.6 Å². The highest BCUT2D eigenvalue weighted by atomic mass is 16.8. The topological polar surface area (TPSA) is 199 Å². The van der Waals surface area contributed by atoms with Crippen molar-refractivity contribution in [1.29, 1.82) is 0 Å². The molecule has 3 aromatic heterocycles. The van der Waals surface area contributed by atoms with Gasteiger partial charge in [0.05, 0.1) is 15.5 Å². The quantitative estimate of drug-likeness (QED) is 0.461. The number of nitrogens with zero attached hydrogens (tertiary/aromatic N) is 6.